The minimum atomic E-state index is -0.384. The van der Waals surface area contributed by atoms with E-state index < -0.39 is 0 Å². The highest BCUT2D eigenvalue weighted by molar-refractivity contribution is 6.65. The third-order valence-corrected chi connectivity index (χ3v) is 1.53. The standard InChI is InChI=1S/C5H7ClN2O/c6-4-2-1-3(8-4)5(7)9/h3H,1-2H2,(H2,7,9). The second-order valence-electron chi connectivity index (χ2n) is 1.96. The molecule has 3 nitrogen and oxygen atoms in total. The number of aliphatic imine (C=N–C) groups is 1. The van der Waals surface area contributed by atoms with E-state index in [1.807, 2.05) is 0 Å². The number of amides is 1. The fourth-order valence-electron chi connectivity index (χ4n) is 0.760. The molecule has 0 aliphatic carbocycles. The second kappa shape index (κ2) is 2.35. The Kier molecular flexibility index (Phi) is 1.71. The highest BCUT2D eigenvalue weighted by Gasteiger charge is 2.20. The van der Waals surface area contributed by atoms with E-state index in [0.29, 0.717) is 18.0 Å². The van der Waals surface area contributed by atoms with Gasteiger partial charge in [0.2, 0.25) is 5.91 Å². The lowest BCUT2D eigenvalue weighted by Gasteiger charge is -1.95. The Bertz CT molecular complexity index is 166. The molecular formula is C5H7ClN2O. The van der Waals surface area contributed by atoms with Crippen molar-refractivity contribution in [3.05, 3.63) is 0 Å². The predicted molar refractivity (Wildman–Crippen MR) is 35.5 cm³/mol. The molecule has 1 atom stereocenters. The minimum absolute atomic E-state index is 0.363. The first-order chi connectivity index (χ1) is 4.20. The molecule has 4 heteroatoms. The summed E-state index contributed by atoms with van der Waals surface area (Å²) in [6.07, 6.45) is 1.36. The van der Waals surface area contributed by atoms with Gasteiger partial charge in [-0.15, -0.1) is 0 Å². The third kappa shape index (κ3) is 1.42. The lowest BCUT2D eigenvalue weighted by molar-refractivity contribution is -0.119. The zero-order valence-electron chi connectivity index (χ0n) is 4.80. The summed E-state index contributed by atoms with van der Waals surface area (Å²) in [4.78, 5) is 14.2. The molecule has 1 unspecified atom stereocenters. The lowest BCUT2D eigenvalue weighted by atomic mass is 10.2. The van der Waals surface area contributed by atoms with Crippen LogP contribution in [0.1, 0.15) is 12.8 Å². The third-order valence-electron chi connectivity index (χ3n) is 1.25. The molecule has 9 heavy (non-hydrogen) atoms. The molecule has 0 aromatic carbocycles. The summed E-state index contributed by atoms with van der Waals surface area (Å²) in [7, 11) is 0. The monoisotopic (exact) mass is 146 g/mol. The van der Waals surface area contributed by atoms with E-state index in [1.165, 1.54) is 0 Å². The van der Waals surface area contributed by atoms with Gasteiger partial charge in [-0.1, -0.05) is 11.6 Å². The van der Waals surface area contributed by atoms with Crippen LogP contribution < -0.4 is 5.73 Å². The summed E-state index contributed by atoms with van der Waals surface area (Å²) in [5.74, 6) is -0.384. The highest BCUT2D eigenvalue weighted by atomic mass is 35.5. The molecule has 0 fully saturated rings. The zero-order chi connectivity index (χ0) is 6.85. The van der Waals surface area contributed by atoms with Crippen molar-refractivity contribution in [3.8, 4) is 0 Å². The topological polar surface area (TPSA) is 55.5 Å². The van der Waals surface area contributed by atoms with Gasteiger partial charge in [0.1, 0.15) is 11.2 Å². The first kappa shape index (κ1) is 6.55. The Hall–Kier alpha value is -0.570. The second-order valence-corrected chi connectivity index (χ2v) is 2.40. The number of carbonyl (C=O) groups excluding carboxylic acids is 1. The van der Waals surface area contributed by atoms with Gasteiger partial charge in [-0.3, -0.25) is 9.79 Å². The van der Waals surface area contributed by atoms with E-state index in [9.17, 15) is 4.79 Å². The molecule has 1 heterocycles. The molecule has 1 amide bonds. The average molecular weight is 147 g/mol. The highest BCUT2D eigenvalue weighted by Crippen LogP contribution is 2.14. The quantitative estimate of drug-likeness (QED) is 0.567. The van der Waals surface area contributed by atoms with E-state index in [-0.39, 0.29) is 11.9 Å². The first-order valence-electron chi connectivity index (χ1n) is 2.71. The molecule has 50 valence electrons. The van der Waals surface area contributed by atoms with Gasteiger partial charge in [-0.2, -0.15) is 0 Å². The van der Waals surface area contributed by atoms with E-state index in [0.717, 1.165) is 0 Å². The summed E-state index contributed by atoms with van der Waals surface area (Å²) >= 11 is 5.49. The molecule has 1 aliphatic heterocycles. The fourth-order valence-corrected chi connectivity index (χ4v) is 0.987. The summed E-state index contributed by atoms with van der Waals surface area (Å²) in [6, 6.07) is -0.363. The molecule has 0 radical (unpaired) electrons. The molecule has 0 spiro atoms. The summed E-state index contributed by atoms with van der Waals surface area (Å²) in [5, 5.41) is 0.513. The maximum Gasteiger partial charge on any atom is 0.242 e. The smallest absolute Gasteiger partial charge is 0.242 e. The summed E-state index contributed by atoms with van der Waals surface area (Å²) in [5.41, 5.74) is 4.96. The van der Waals surface area contributed by atoms with Crippen LogP contribution in [-0.2, 0) is 4.79 Å². The molecule has 1 aliphatic rings. The Labute approximate surface area is 57.9 Å². The van der Waals surface area contributed by atoms with Crippen LogP contribution in [0.3, 0.4) is 0 Å². The van der Waals surface area contributed by atoms with Gasteiger partial charge in [-0.05, 0) is 6.42 Å². The van der Waals surface area contributed by atoms with Crippen molar-refractivity contribution in [2.75, 3.05) is 0 Å². The van der Waals surface area contributed by atoms with Crippen LogP contribution in [0, 0.1) is 0 Å². The average Bonchev–Trinajstić information content (AvgIpc) is 2.14. The number of rotatable bonds is 1. The van der Waals surface area contributed by atoms with Crippen molar-refractivity contribution < 1.29 is 4.79 Å². The lowest BCUT2D eigenvalue weighted by Crippen LogP contribution is -2.24. The van der Waals surface area contributed by atoms with Crippen LogP contribution >= 0.6 is 11.6 Å². The van der Waals surface area contributed by atoms with Crippen LogP contribution in [-0.4, -0.2) is 17.1 Å². The normalized spacial score (nSPS) is 25.9. The fraction of sp³-hybridized carbons (Fsp3) is 0.600. The molecule has 0 saturated carbocycles. The number of hydrogen-bond acceptors (Lipinski definition) is 2. The van der Waals surface area contributed by atoms with Crippen LogP contribution in [0.2, 0.25) is 0 Å². The van der Waals surface area contributed by atoms with Crippen LogP contribution in [0.4, 0.5) is 0 Å². The van der Waals surface area contributed by atoms with E-state index in [2.05, 4.69) is 4.99 Å². The van der Waals surface area contributed by atoms with Crippen molar-refractivity contribution >= 4 is 22.7 Å². The molecule has 0 saturated heterocycles. The molecule has 0 aromatic rings. The Morgan fingerprint density at radius 3 is 2.78 bits per heavy atom. The van der Waals surface area contributed by atoms with Crippen molar-refractivity contribution in [1.82, 2.24) is 0 Å². The molecular weight excluding hydrogens is 140 g/mol. The van der Waals surface area contributed by atoms with Crippen molar-refractivity contribution in [1.29, 1.82) is 0 Å². The van der Waals surface area contributed by atoms with Crippen molar-refractivity contribution in [3.63, 3.8) is 0 Å². The molecule has 0 aromatic heterocycles. The minimum Gasteiger partial charge on any atom is -0.368 e. The van der Waals surface area contributed by atoms with E-state index in [4.69, 9.17) is 17.3 Å². The number of carbonyl (C=O) groups is 1. The summed E-state index contributed by atoms with van der Waals surface area (Å²) in [6.45, 7) is 0. The molecule has 2 N–H and O–H groups in total. The zero-order valence-corrected chi connectivity index (χ0v) is 5.56. The molecule has 1 rings (SSSR count). The van der Waals surface area contributed by atoms with Crippen molar-refractivity contribution in [2.45, 2.75) is 18.9 Å². The van der Waals surface area contributed by atoms with Gasteiger partial charge in [0, 0.05) is 6.42 Å². The molecule has 0 bridgehead atoms. The Morgan fingerprint density at radius 1 is 1.89 bits per heavy atom. The maximum atomic E-state index is 10.4. The van der Waals surface area contributed by atoms with Gasteiger partial charge in [0.15, 0.2) is 0 Å². The SMILES string of the molecule is NC(=O)C1CCC(Cl)=N1. The number of hydrogen-bond donors (Lipinski definition) is 1. The van der Waals surface area contributed by atoms with Crippen molar-refractivity contribution in [2.24, 2.45) is 10.7 Å². The number of halogens is 1. The van der Waals surface area contributed by atoms with Gasteiger partial charge in [0.25, 0.3) is 0 Å². The number of nitrogens with zero attached hydrogens (tertiary/aromatic N) is 1. The first-order valence-corrected chi connectivity index (χ1v) is 3.09. The largest absolute Gasteiger partial charge is 0.368 e. The number of nitrogens with two attached hydrogens (primary N) is 1. The van der Waals surface area contributed by atoms with Gasteiger partial charge in [0.05, 0.1) is 0 Å². The number of primary amides is 1. The Morgan fingerprint density at radius 2 is 2.56 bits per heavy atom. The summed E-state index contributed by atoms with van der Waals surface area (Å²) < 4.78 is 0. The van der Waals surface area contributed by atoms with Crippen LogP contribution in [0.25, 0.3) is 0 Å². The van der Waals surface area contributed by atoms with Gasteiger partial charge < -0.3 is 5.73 Å². The Balaban J connectivity index is 2.57. The van der Waals surface area contributed by atoms with Gasteiger partial charge >= 0.3 is 0 Å². The van der Waals surface area contributed by atoms with Crippen LogP contribution in [0.15, 0.2) is 4.99 Å². The van der Waals surface area contributed by atoms with Crippen LogP contribution in [0.5, 0.6) is 0 Å². The van der Waals surface area contributed by atoms with Gasteiger partial charge in [-0.25, -0.2) is 0 Å². The van der Waals surface area contributed by atoms with E-state index >= 15 is 0 Å². The van der Waals surface area contributed by atoms with E-state index in [1.54, 1.807) is 0 Å². The predicted octanol–water partition coefficient (Wildman–Crippen LogP) is 0.271. The maximum absolute atomic E-state index is 10.4.